The topological polar surface area (TPSA) is 51.8 Å². The first-order valence-corrected chi connectivity index (χ1v) is 8.56. The summed E-state index contributed by atoms with van der Waals surface area (Å²) in [7, 11) is 3.61. The van der Waals surface area contributed by atoms with E-state index in [1.807, 2.05) is 41.0 Å². The molecule has 1 unspecified atom stereocenters. The largest absolute Gasteiger partial charge is 0.497 e. The maximum Gasteiger partial charge on any atom is 0.259 e. The highest BCUT2D eigenvalue weighted by molar-refractivity contribution is 6.00. The minimum Gasteiger partial charge on any atom is -0.497 e. The van der Waals surface area contributed by atoms with Crippen LogP contribution in [0.1, 0.15) is 22.3 Å². The van der Waals surface area contributed by atoms with E-state index in [9.17, 15) is 4.79 Å². The Morgan fingerprint density at radius 3 is 2.84 bits per heavy atom. The van der Waals surface area contributed by atoms with E-state index in [1.54, 1.807) is 17.8 Å². The van der Waals surface area contributed by atoms with Crippen LogP contribution < -0.4 is 4.74 Å². The highest BCUT2D eigenvalue weighted by Gasteiger charge is 2.29. The Balaban J connectivity index is 1.44. The lowest BCUT2D eigenvalue weighted by Gasteiger charge is -2.16. The van der Waals surface area contributed by atoms with E-state index in [-0.39, 0.29) is 5.91 Å². The molecule has 3 aromatic rings. The average molecular weight is 338 g/mol. The number of hydrogen-bond acceptors (Lipinski definition) is 3. The number of methoxy groups -OCH3 is 1. The third-order valence-electron chi connectivity index (χ3n) is 5.02. The van der Waals surface area contributed by atoms with Crippen molar-refractivity contribution in [3.63, 3.8) is 0 Å². The van der Waals surface area contributed by atoms with Crippen molar-refractivity contribution < 1.29 is 9.53 Å². The summed E-state index contributed by atoms with van der Waals surface area (Å²) < 4.78 is 8.89. The summed E-state index contributed by atoms with van der Waals surface area (Å²) >= 11 is 0. The van der Waals surface area contributed by atoms with Crippen molar-refractivity contribution in [1.29, 1.82) is 0 Å². The molecule has 6 heteroatoms. The Morgan fingerprint density at radius 1 is 1.28 bits per heavy atom. The van der Waals surface area contributed by atoms with Crippen LogP contribution in [0.3, 0.4) is 0 Å². The van der Waals surface area contributed by atoms with Crippen LogP contribution in [-0.4, -0.2) is 45.2 Å². The van der Waals surface area contributed by atoms with Gasteiger partial charge in [0.15, 0.2) is 0 Å². The van der Waals surface area contributed by atoms with Gasteiger partial charge in [0.1, 0.15) is 17.0 Å². The number of likely N-dealkylation sites (tertiary alicyclic amines) is 1. The fourth-order valence-electron chi connectivity index (χ4n) is 3.65. The summed E-state index contributed by atoms with van der Waals surface area (Å²) in [5, 5.41) is 4.27. The molecule has 1 fully saturated rings. The van der Waals surface area contributed by atoms with E-state index in [4.69, 9.17) is 4.74 Å². The van der Waals surface area contributed by atoms with Gasteiger partial charge in [0.05, 0.1) is 13.3 Å². The number of benzene rings is 1. The number of rotatable bonds is 4. The number of fused-ring (bicyclic) bond motifs is 1. The molecule has 0 saturated carbocycles. The first-order valence-electron chi connectivity index (χ1n) is 8.56. The highest BCUT2D eigenvalue weighted by atomic mass is 16.5. The SMILES string of the molecule is COc1ccc(CC2CCN(C(=O)c3cnn4ccn(C)c34)C2)cc1. The first-order chi connectivity index (χ1) is 12.2. The Bertz CT molecular complexity index is 894. The molecule has 3 heterocycles. The van der Waals surface area contributed by atoms with Crippen molar-refractivity contribution in [2.24, 2.45) is 13.0 Å². The van der Waals surface area contributed by atoms with Crippen LogP contribution >= 0.6 is 0 Å². The number of hydrogen-bond donors (Lipinski definition) is 0. The van der Waals surface area contributed by atoms with Crippen molar-refractivity contribution in [3.05, 3.63) is 54.0 Å². The number of amides is 1. The monoisotopic (exact) mass is 338 g/mol. The van der Waals surface area contributed by atoms with Gasteiger partial charge in [0, 0.05) is 32.5 Å². The molecule has 0 aliphatic carbocycles. The number of aromatic nitrogens is 3. The molecule has 0 bridgehead atoms. The maximum atomic E-state index is 12.9. The van der Waals surface area contributed by atoms with E-state index in [0.717, 1.165) is 37.3 Å². The van der Waals surface area contributed by atoms with Crippen molar-refractivity contribution in [2.45, 2.75) is 12.8 Å². The highest BCUT2D eigenvalue weighted by Crippen LogP contribution is 2.24. The lowest BCUT2D eigenvalue weighted by Crippen LogP contribution is -2.29. The number of nitrogens with zero attached hydrogens (tertiary/aromatic N) is 4. The smallest absolute Gasteiger partial charge is 0.259 e. The number of ether oxygens (including phenoxy) is 1. The fourth-order valence-corrected chi connectivity index (χ4v) is 3.65. The zero-order valence-corrected chi connectivity index (χ0v) is 14.6. The minimum absolute atomic E-state index is 0.0778. The summed E-state index contributed by atoms with van der Waals surface area (Å²) in [6.45, 7) is 1.61. The molecule has 0 N–H and O–H groups in total. The Hall–Kier alpha value is -2.76. The van der Waals surface area contributed by atoms with Crippen LogP contribution in [0.4, 0.5) is 0 Å². The van der Waals surface area contributed by atoms with Crippen LogP contribution in [0.2, 0.25) is 0 Å². The average Bonchev–Trinajstić information content (AvgIpc) is 3.33. The summed E-state index contributed by atoms with van der Waals surface area (Å²) in [5.41, 5.74) is 2.82. The quantitative estimate of drug-likeness (QED) is 0.734. The van der Waals surface area contributed by atoms with Gasteiger partial charge in [0.2, 0.25) is 0 Å². The van der Waals surface area contributed by atoms with Gasteiger partial charge >= 0.3 is 0 Å². The molecule has 2 aromatic heterocycles. The van der Waals surface area contributed by atoms with Gasteiger partial charge in [-0.2, -0.15) is 5.10 Å². The van der Waals surface area contributed by atoms with Crippen LogP contribution in [0, 0.1) is 5.92 Å². The van der Waals surface area contributed by atoms with Crippen molar-refractivity contribution in [1.82, 2.24) is 19.1 Å². The second kappa shape index (κ2) is 6.27. The fraction of sp³-hybridized carbons (Fsp3) is 0.368. The molecule has 4 rings (SSSR count). The molecule has 1 aliphatic rings. The Kier molecular flexibility index (Phi) is 3.95. The molecule has 0 spiro atoms. The van der Waals surface area contributed by atoms with E-state index < -0.39 is 0 Å². The third-order valence-corrected chi connectivity index (χ3v) is 5.02. The van der Waals surface area contributed by atoms with Crippen molar-refractivity contribution >= 4 is 11.6 Å². The summed E-state index contributed by atoms with van der Waals surface area (Å²) in [6.07, 6.45) is 7.48. The molecule has 0 radical (unpaired) electrons. The third kappa shape index (κ3) is 2.88. The lowest BCUT2D eigenvalue weighted by atomic mass is 9.99. The standard InChI is InChI=1S/C19H22N4O2/c1-21-9-10-23-18(21)17(12-20-23)19(24)22-8-7-15(13-22)11-14-3-5-16(25-2)6-4-14/h3-6,9-10,12,15H,7-8,11,13H2,1-2H3. The van der Waals surface area contributed by atoms with E-state index in [1.165, 1.54) is 5.56 Å². The van der Waals surface area contributed by atoms with Gasteiger partial charge in [-0.15, -0.1) is 0 Å². The number of carbonyl (C=O) groups excluding carboxylic acids is 1. The zero-order valence-electron chi connectivity index (χ0n) is 14.6. The lowest BCUT2D eigenvalue weighted by molar-refractivity contribution is 0.0788. The number of aryl methyl sites for hydroxylation is 1. The van der Waals surface area contributed by atoms with Gasteiger partial charge < -0.3 is 14.2 Å². The molecular formula is C19H22N4O2. The van der Waals surface area contributed by atoms with Crippen LogP contribution in [0.15, 0.2) is 42.9 Å². The summed E-state index contributed by atoms with van der Waals surface area (Å²) in [4.78, 5) is 14.9. The van der Waals surface area contributed by atoms with Crippen LogP contribution in [-0.2, 0) is 13.5 Å². The minimum atomic E-state index is 0.0778. The summed E-state index contributed by atoms with van der Waals surface area (Å²) in [5.74, 6) is 1.45. The van der Waals surface area contributed by atoms with Gasteiger partial charge in [-0.25, -0.2) is 4.52 Å². The van der Waals surface area contributed by atoms with Crippen molar-refractivity contribution in [3.8, 4) is 5.75 Å². The Morgan fingerprint density at radius 2 is 2.08 bits per heavy atom. The molecule has 1 saturated heterocycles. The van der Waals surface area contributed by atoms with Gasteiger partial charge in [-0.1, -0.05) is 12.1 Å². The zero-order chi connectivity index (χ0) is 17.4. The molecule has 6 nitrogen and oxygen atoms in total. The van der Waals surface area contributed by atoms with E-state index in [2.05, 4.69) is 17.2 Å². The predicted octanol–water partition coefficient (Wildman–Crippen LogP) is 2.39. The van der Waals surface area contributed by atoms with E-state index in [0.29, 0.717) is 11.5 Å². The van der Waals surface area contributed by atoms with Crippen LogP contribution in [0.5, 0.6) is 5.75 Å². The molecule has 130 valence electrons. The second-order valence-corrected chi connectivity index (χ2v) is 6.69. The summed E-state index contributed by atoms with van der Waals surface area (Å²) in [6, 6.07) is 8.20. The molecule has 1 aliphatic heterocycles. The molecule has 25 heavy (non-hydrogen) atoms. The van der Waals surface area contributed by atoms with Crippen LogP contribution in [0.25, 0.3) is 5.65 Å². The number of imidazole rings is 1. The van der Waals surface area contributed by atoms with Gasteiger partial charge in [-0.3, -0.25) is 4.79 Å². The predicted molar refractivity (Wildman–Crippen MR) is 94.9 cm³/mol. The first kappa shape index (κ1) is 15.7. The van der Waals surface area contributed by atoms with Crippen molar-refractivity contribution in [2.75, 3.05) is 20.2 Å². The molecule has 1 aromatic carbocycles. The normalized spacial score (nSPS) is 17.4. The molecular weight excluding hydrogens is 316 g/mol. The molecule has 1 atom stereocenters. The van der Waals surface area contributed by atoms with E-state index >= 15 is 0 Å². The Labute approximate surface area is 146 Å². The van der Waals surface area contributed by atoms with Gasteiger partial charge in [0.25, 0.3) is 5.91 Å². The second-order valence-electron chi connectivity index (χ2n) is 6.69. The molecule has 1 amide bonds. The maximum absolute atomic E-state index is 12.9. The van der Waals surface area contributed by atoms with Gasteiger partial charge in [-0.05, 0) is 36.5 Å². The number of carbonyl (C=O) groups is 1.